The van der Waals surface area contributed by atoms with Gasteiger partial charge in [-0.3, -0.25) is 4.68 Å². The zero-order valence-electron chi connectivity index (χ0n) is 17.2. The van der Waals surface area contributed by atoms with E-state index in [0.29, 0.717) is 19.8 Å². The van der Waals surface area contributed by atoms with E-state index in [1.54, 1.807) is 7.11 Å². The molecule has 1 N–H and O–H groups in total. The zero-order valence-corrected chi connectivity index (χ0v) is 17.2. The van der Waals surface area contributed by atoms with Crippen molar-refractivity contribution in [2.75, 3.05) is 38.8 Å². The number of hydrogen-bond donors (Lipinski definition) is 1. The van der Waals surface area contributed by atoms with Crippen molar-refractivity contribution in [1.29, 1.82) is 0 Å². The molecule has 5 heteroatoms. The van der Waals surface area contributed by atoms with Crippen molar-refractivity contribution >= 4 is 5.82 Å². The molecule has 0 aliphatic heterocycles. The number of ether oxygens (including phenoxy) is 2. The number of aromatic nitrogens is 2. The Labute approximate surface area is 167 Å². The van der Waals surface area contributed by atoms with Crippen molar-refractivity contribution in [3.8, 4) is 22.4 Å². The first kappa shape index (κ1) is 20.1. The fraction of sp³-hybridized carbons (Fsp3) is 0.348. The highest BCUT2D eigenvalue weighted by molar-refractivity contribution is 5.73. The second-order valence-electron chi connectivity index (χ2n) is 6.97. The summed E-state index contributed by atoms with van der Waals surface area (Å²) in [4.78, 5) is 0. The molecule has 1 aromatic heterocycles. The van der Waals surface area contributed by atoms with Crippen LogP contribution in [-0.2, 0) is 16.5 Å². The van der Waals surface area contributed by atoms with Crippen LogP contribution in [0.1, 0.15) is 11.1 Å². The fourth-order valence-corrected chi connectivity index (χ4v) is 3.14. The number of nitrogens with one attached hydrogen (secondary N) is 1. The average molecular weight is 380 g/mol. The van der Waals surface area contributed by atoms with Crippen LogP contribution < -0.4 is 5.32 Å². The third kappa shape index (κ3) is 5.00. The molecule has 0 saturated heterocycles. The molecule has 0 fully saturated rings. The van der Waals surface area contributed by atoms with E-state index in [1.165, 1.54) is 22.3 Å². The van der Waals surface area contributed by atoms with Crippen LogP contribution in [-0.4, -0.2) is 43.3 Å². The largest absolute Gasteiger partial charge is 0.382 e. The number of benzene rings is 2. The van der Waals surface area contributed by atoms with Gasteiger partial charge in [0.1, 0.15) is 5.82 Å². The van der Waals surface area contributed by atoms with E-state index in [4.69, 9.17) is 9.47 Å². The lowest BCUT2D eigenvalue weighted by molar-refractivity contribution is 0.0759. The van der Waals surface area contributed by atoms with Crippen LogP contribution in [0.15, 0.2) is 48.5 Å². The number of methoxy groups -OCH3 is 1. The summed E-state index contributed by atoms with van der Waals surface area (Å²) < 4.78 is 12.3. The fourth-order valence-electron chi connectivity index (χ4n) is 3.14. The Balaban J connectivity index is 1.69. The van der Waals surface area contributed by atoms with Gasteiger partial charge in [-0.15, -0.1) is 0 Å². The lowest BCUT2D eigenvalue weighted by atomic mass is 9.98. The molecule has 0 saturated carbocycles. The molecule has 0 unspecified atom stereocenters. The first-order valence-electron chi connectivity index (χ1n) is 9.61. The molecule has 0 radical (unpaired) electrons. The summed E-state index contributed by atoms with van der Waals surface area (Å²) in [6, 6.07) is 17.3. The summed E-state index contributed by atoms with van der Waals surface area (Å²) in [6.07, 6.45) is 0. The van der Waals surface area contributed by atoms with Gasteiger partial charge < -0.3 is 14.8 Å². The number of rotatable bonds is 9. The summed E-state index contributed by atoms with van der Waals surface area (Å²) >= 11 is 0. The topological polar surface area (TPSA) is 48.3 Å². The number of hydrogen-bond acceptors (Lipinski definition) is 4. The van der Waals surface area contributed by atoms with Crippen LogP contribution in [0.3, 0.4) is 0 Å². The normalized spacial score (nSPS) is 11.0. The van der Waals surface area contributed by atoms with Gasteiger partial charge in [0.05, 0.1) is 25.5 Å². The van der Waals surface area contributed by atoms with Gasteiger partial charge in [-0.1, -0.05) is 48.0 Å². The number of nitrogens with zero attached hydrogens (tertiary/aromatic N) is 2. The highest BCUT2D eigenvalue weighted by Crippen LogP contribution is 2.29. The van der Waals surface area contributed by atoms with Gasteiger partial charge in [-0.25, -0.2) is 0 Å². The van der Waals surface area contributed by atoms with Crippen LogP contribution in [0.2, 0.25) is 0 Å². The molecule has 0 bridgehead atoms. The van der Waals surface area contributed by atoms with Crippen LogP contribution in [0.25, 0.3) is 22.4 Å². The Kier molecular flexibility index (Phi) is 6.85. The minimum absolute atomic E-state index is 0.612. The third-order valence-electron chi connectivity index (χ3n) is 4.75. The smallest absolute Gasteiger partial charge is 0.124 e. The highest BCUT2D eigenvalue weighted by Gasteiger charge is 2.10. The molecule has 28 heavy (non-hydrogen) atoms. The molecule has 3 rings (SSSR count). The molecule has 0 aliphatic carbocycles. The van der Waals surface area contributed by atoms with Crippen molar-refractivity contribution in [1.82, 2.24) is 9.78 Å². The van der Waals surface area contributed by atoms with Crippen LogP contribution in [0.4, 0.5) is 5.82 Å². The number of aryl methyl sites for hydroxylation is 3. The standard InChI is InChI=1S/C23H29N3O2/c1-17-5-7-19(8-6-17)20-9-10-21(18(2)15-20)22-16-23(26(3)25-22)24-11-12-28-14-13-27-4/h5-10,15-16,24H,11-14H2,1-4H3. The van der Waals surface area contributed by atoms with Gasteiger partial charge >= 0.3 is 0 Å². The Morgan fingerprint density at radius 2 is 1.68 bits per heavy atom. The van der Waals surface area contributed by atoms with E-state index in [1.807, 2.05) is 11.7 Å². The predicted octanol–water partition coefficient (Wildman–Crippen LogP) is 4.45. The summed E-state index contributed by atoms with van der Waals surface area (Å²) in [5, 5.41) is 8.05. The third-order valence-corrected chi connectivity index (χ3v) is 4.75. The van der Waals surface area contributed by atoms with Crippen molar-refractivity contribution in [3.05, 3.63) is 59.7 Å². The SMILES string of the molecule is COCCOCCNc1cc(-c2ccc(-c3ccc(C)cc3)cc2C)nn1C. The van der Waals surface area contributed by atoms with E-state index in [-0.39, 0.29) is 0 Å². The second-order valence-corrected chi connectivity index (χ2v) is 6.97. The molecule has 5 nitrogen and oxygen atoms in total. The molecule has 0 atom stereocenters. The van der Waals surface area contributed by atoms with Crippen molar-refractivity contribution in [2.45, 2.75) is 13.8 Å². The lowest BCUT2D eigenvalue weighted by Crippen LogP contribution is -2.13. The molecule has 1 heterocycles. The van der Waals surface area contributed by atoms with Gasteiger partial charge in [0.2, 0.25) is 0 Å². The summed E-state index contributed by atoms with van der Waals surface area (Å²) in [6.45, 7) is 6.84. The lowest BCUT2D eigenvalue weighted by Gasteiger charge is -2.07. The molecular weight excluding hydrogens is 350 g/mol. The minimum atomic E-state index is 0.612. The highest BCUT2D eigenvalue weighted by atomic mass is 16.5. The molecular formula is C23H29N3O2. The quantitative estimate of drug-likeness (QED) is 0.558. The first-order valence-corrected chi connectivity index (χ1v) is 9.61. The second kappa shape index (κ2) is 9.53. The molecule has 0 amide bonds. The van der Waals surface area contributed by atoms with Crippen LogP contribution in [0.5, 0.6) is 0 Å². The Morgan fingerprint density at radius 3 is 2.39 bits per heavy atom. The summed E-state index contributed by atoms with van der Waals surface area (Å²) in [7, 11) is 3.63. The van der Waals surface area contributed by atoms with E-state index < -0.39 is 0 Å². The Morgan fingerprint density at radius 1 is 0.929 bits per heavy atom. The van der Waals surface area contributed by atoms with E-state index in [2.05, 4.69) is 72.8 Å². The van der Waals surface area contributed by atoms with Crippen molar-refractivity contribution in [2.24, 2.45) is 7.05 Å². The van der Waals surface area contributed by atoms with Gasteiger partial charge in [-0.05, 0) is 30.5 Å². The van der Waals surface area contributed by atoms with Crippen LogP contribution in [0, 0.1) is 13.8 Å². The minimum Gasteiger partial charge on any atom is -0.382 e. The molecule has 2 aromatic carbocycles. The Hall–Kier alpha value is -2.63. The van der Waals surface area contributed by atoms with Gasteiger partial charge in [0, 0.05) is 32.3 Å². The van der Waals surface area contributed by atoms with Crippen molar-refractivity contribution in [3.63, 3.8) is 0 Å². The van der Waals surface area contributed by atoms with E-state index in [0.717, 1.165) is 23.6 Å². The average Bonchev–Trinajstić information content (AvgIpc) is 3.05. The maximum Gasteiger partial charge on any atom is 0.124 e. The van der Waals surface area contributed by atoms with E-state index >= 15 is 0 Å². The van der Waals surface area contributed by atoms with E-state index in [9.17, 15) is 0 Å². The number of anilines is 1. The van der Waals surface area contributed by atoms with Gasteiger partial charge in [0.25, 0.3) is 0 Å². The molecule has 148 valence electrons. The molecule has 0 spiro atoms. The summed E-state index contributed by atoms with van der Waals surface area (Å²) in [5.41, 5.74) is 7.07. The van der Waals surface area contributed by atoms with Crippen LogP contribution >= 0.6 is 0 Å². The maximum atomic E-state index is 5.49. The monoisotopic (exact) mass is 379 g/mol. The maximum absolute atomic E-state index is 5.49. The predicted molar refractivity (Wildman–Crippen MR) is 115 cm³/mol. The Bertz CT molecular complexity index is 901. The first-order chi connectivity index (χ1) is 13.6. The molecule has 3 aromatic rings. The van der Waals surface area contributed by atoms with Gasteiger partial charge in [0.15, 0.2) is 0 Å². The van der Waals surface area contributed by atoms with Crippen molar-refractivity contribution < 1.29 is 9.47 Å². The zero-order chi connectivity index (χ0) is 19.9. The van der Waals surface area contributed by atoms with Gasteiger partial charge in [-0.2, -0.15) is 5.10 Å². The summed E-state index contributed by atoms with van der Waals surface area (Å²) in [5.74, 6) is 0.979. The molecule has 0 aliphatic rings.